The Hall–Kier alpha value is -2.08. The molecule has 0 aliphatic carbocycles. The fourth-order valence-corrected chi connectivity index (χ4v) is 1.43. The van der Waals surface area contributed by atoms with Crippen molar-refractivity contribution in [2.45, 2.75) is 36.9 Å². The Kier molecular flexibility index (Phi) is 16.7. The molecule has 28 heavy (non-hydrogen) atoms. The third kappa shape index (κ3) is 14.0. The van der Waals surface area contributed by atoms with E-state index in [4.69, 9.17) is 40.9 Å². The fourth-order valence-electron chi connectivity index (χ4n) is 1.43. The molecule has 0 aromatic heterocycles. The van der Waals surface area contributed by atoms with Gasteiger partial charge in [0.15, 0.2) is 11.2 Å². The summed E-state index contributed by atoms with van der Waals surface area (Å²) in [6, 6.07) is 0. The van der Waals surface area contributed by atoms with E-state index in [0.29, 0.717) is 0 Å². The van der Waals surface area contributed by atoms with Gasteiger partial charge in [-0.05, 0) is 0 Å². The molecule has 164 valence electrons. The van der Waals surface area contributed by atoms with Crippen LogP contribution in [0.3, 0.4) is 0 Å². The normalized spacial score (nSPS) is 10.1. The Balaban J connectivity index is -0.000000192. The van der Waals surface area contributed by atoms with Crippen LogP contribution in [0, 0.1) is 0 Å². The molecule has 0 amide bonds. The van der Waals surface area contributed by atoms with Gasteiger partial charge in [-0.3, -0.25) is 19.2 Å². The van der Waals surface area contributed by atoms with Gasteiger partial charge in [0.1, 0.15) is 0 Å². The molecule has 0 fully saturated rings. The second-order valence-electron chi connectivity index (χ2n) is 4.96. The predicted molar refractivity (Wildman–Crippen MR) is 74.2 cm³/mol. The van der Waals surface area contributed by atoms with Gasteiger partial charge >= 0.3 is 35.8 Å². The molecule has 0 bridgehead atoms. The van der Waals surface area contributed by atoms with E-state index in [2.05, 4.69) is 0 Å². The van der Waals surface area contributed by atoms with Gasteiger partial charge in [-0.2, -0.15) is 0 Å². The predicted octanol–water partition coefficient (Wildman–Crippen LogP) is -2.50. The van der Waals surface area contributed by atoms with Gasteiger partial charge in [-0.25, -0.2) is 9.59 Å². The smallest absolute Gasteiger partial charge is 0.336 e. The van der Waals surface area contributed by atoms with Crippen molar-refractivity contribution in [1.82, 2.24) is 0 Å². The zero-order valence-corrected chi connectivity index (χ0v) is 17.5. The van der Waals surface area contributed by atoms with E-state index in [1.807, 2.05) is 0 Å². The summed E-state index contributed by atoms with van der Waals surface area (Å²) in [6.45, 7) is 0. The van der Waals surface area contributed by atoms with E-state index >= 15 is 0 Å². The van der Waals surface area contributed by atoms with Crippen molar-refractivity contribution in [3.8, 4) is 0 Å². The van der Waals surface area contributed by atoms with Crippen molar-refractivity contribution in [1.29, 1.82) is 0 Å². The van der Waals surface area contributed by atoms with Gasteiger partial charge in [0.05, 0.1) is 25.7 Å². The number of rotatable bonds is 10. The number of hydrogen-bond acceptors (Lipinski definition) is 8. The van der Waals surface area contributed by atoms with Crippen LogP contribution in [0.1, 0.15) is 25.7 Å². The third-order valence-corrected chi connectivity index (χ3v) is 2.57. The monoisotopic (exact) mass is 626 g/mol. The molecule has 16 heteroatoms. The molecular weight excluding hydrogens is 611 g/mol. The fraction of sp³-hybridized carbons (Fsp3) is 0.500. The van der Waals surface area contributed by atoms with Crippen molar-refractivity contribution >= 4 is 35.8 Å². The van der Waals surface area contributed by atoms with E-state index in [9.17, 15) is 28.8 Å². The summed E-state index contributed by atoms with van der Waals surface area (Å²) in [5.41, 5.74) is -5.48. The number of aliphatic carboxylic acids is 6. The Bertz CT molecular complexity index is 519. The molecule has 0 unspecified atom stereocenters. The van der Waals surface area contributed by atoms with Crippen LogP contribution in [-0.2, 0) is 66.3 Å². The summed E-state index contributed by atoms with van der Waals surface area (Å²) in [6.07, 6.45) is -4.58. The zero-order valence-electron chi connectivity index (χ0n) is 13.6. The SMILES string of the molecule is O=C(O)CC(O)(CC(=O)O)C(=O)O.O=C(O)CC(O)(CC(=O)O)C(=O)O.[Ni].[W]. The Morgan fingerprint density at radius 1 is 0.500 bits per heavy atom. The van der Waals surface area contributed by atoms with Crippen LogP contribution in [0.4, 0.5) is 0 Å². The molecule has 0 heterocycles. The minimum absolute atomic E-state index is 0. The molecule has 0 aliphatic heterocycles. The van der Waals surface area contributed by atoms with Crippen molar-refractivity contribution in [2.75, 3.05) is 0 Å². The van der Waals surface area contributed by atoms with E-state index in [1.165, 1.54) is 0 Å². The number of carbonyl (C=O) groups is 6. The van der Waals surface area contributed by atoms with E-state index in [-0.39, 0.29) is 37.6 Å². The zero-order chi connectivity index (χ0) is 21.3. The molecule has 0 saturated carbocycles. The number of carboxylic acid groups (broad SMARTS) is 6. The molecule has 0 rings (SSSR count). The molecule has 8 N–H and O–H groups in total. The first-order valence-corrected chi connectivity index (χ1v) is 6.34. The maximum absolute atomic E-state index is 10.3. The second kappa shape index (κ2) is 14.0. The number of hydrogen-bond donors (Lipinski definition) is 8. The first-order valence-electron chi connectivity index (χ1n) is 6.34. The van der Waals surface area contributed by atoms with Crippen LogP contribution >= 0.6 is 0 Å². The molecule has 0 aromatic carbocycles. The molecular formula is C12H16NiO14W. The van der Waals surface area contributed by atoms with E-state index in [0.717, 1.165) is 0 Å². The third-order valence-electron chi connectivity index (χ3n) is 2.57. The van der Waals surface area contributed by atoms with Crippen LogP contribution in [0.5, 0.6) is 0 Å². The molecule has 0 saturated heterocycles. The molecule has 0 atom stereocenters. The Labute approximate surface area is 180 Å². The number of carboxylic acids is 6. The second-order valence-corrected chi connectivity index (χ2v) is 4.96. The standard InChI is InChI=1S/2C6H8O7.Ni.W/c2*7-3(8)1-6(13,5(11)12)2-4(9)10;;/h2*13H,1-2H2,(H,7,8)(H,9,10)(H,11,12);;. The quantitative estimate of drug-likeness (QED) is 0.117. The summed E-state index contributed by atoms with van der Waals surface area (Å²) >= 11 is 0. The van der Waals surface area contributed by atoms with Gasteiger partial charge in [-0.1, -0.05) is 0 Å². The van der Waals surface area contributed by atoms with Gasteiger partial charge in [0, 0.05) is 37.6 Å². The topological polar surface area (TPSA) is 264 Å². The van der Waals surface area contributed by atoms with Crippen molar-refractivity contribution in [2.24, 2.45) is 0 Å². The van der Waals surface area contributed by atoms with Crippen molar-refractivity contribution < 1.29 is 107 Å². The summed E-state index contributed by atoms with van der Waals surface area (Å²) in [7, 11) is 0. The summed E-state index contributed by atoms with van der Waals surface area (Å²) < 4.78 is 0. The van der Waals surface area contributed by atoms with Gasteiger partial charge in [0.25, 0.3) is 0 Å². The largest absolute Gasteiger partial charge is 0.481 e. The first-order chi connectivity index (χ1) is 11.6. The first kappa shape index (κ1) is 33.5. The molecule has 0 aromatic rings. The van der Waals surface area contributed by atoms with Crippen LogP contribution in [0.25, 0.3) is 0 Å². The van der Waals surface area contributed by atoms with Gasteiger partial charge in [0.2, 0.25) is 0 Å². The van der Waals surface area contributed by atoms with Crippen LogP contribution < -0.4 is 0 Å². The minimum atomic E-state index is -2.74. The van der Waals surface area contributed by atoms with Crippen LogP contribution in [0.2, 0.25) is 0 Å². The minimum Gasteiger partial charge on any atom is -0.481 e. The molecule has 0 radical (unpaired) electrons. The Morgan fingerprint density at radius 3 is 0.714 bits per heavy atom. The summed E-state index contributed by atoms with van der Waals surface area (Å²) in [5.74, 6) is -10.0. The van der Waals surface area contributed by atoms with E-state index in [1.54, 1.807) is 0 Å². The maximum Gasteiger partial charge on any atom is 0.336 e. The summed E-state index contributed by atoms with van der Waals surface area (Å²) in [4.78, 5) is 61.0. The van der Waals surface area contributed by atoms with Crippen LogP contribution in [-0.4, -0.2) is 87.9 Å². The average molecular weight is 627 g/mol. The van der Waals surface area contributed by atoms with Gasteiger partial charge < -0.3 is 40.9 Å². The average Bonchev–Trinajstić information content (AvgIpc) is 2.34. The van der Waals surface area contributed by atoms with Crippen LogP contribution in [0.15, 0.2) is 0 Å². The van der Waals surface area contributed by atoms with Crippen molar-refractivity contribution in [3.05, 3.63) is 0 Å². The van der Waals surface area contributed by atoms with Gasteiger partial charge in [-0.15, -0.1) is 0 Å². The summed E-state index contributed by atoms with van der Waals surface area (Å²) in [5, 5.41) is 67.6. The van der Waals surface area contributed by atoms with Crippen molar-refractivity contribution in [3.63, 3.8) is 0 Å². The molecule has 0 spiro atoms. The maximum atomic E-state index is 10.3. The molecule has 0 aliphatic rings. The molecule has 14 nitrogen and oxygen atoms in total. The Morgan fingerprint density at radius 2 is 0.643 bits per heavy atom. The number of aliphatic hydroxyl groups is 2. The van der Waals surface area contributed by atoms with E-state index < -0.39 is 72.7 Å².